The van der Waals surface area contributed by atoms with Gasteiger partial charge in [-0.1, -0.05) is 43.3 Å². The lowest BCUT2D eigenvalue weighted by Gasteiger charge is -2.10. The Labute approximate surface area is 137 Å². The van der Waals surface area contributed by atoms with Crippen molar-refractivity contribution in [2.45, 2.75) is 24.3 Å². The van der Waals surface area contributed by atoms with Crippen molar-refractivity contribution >= 4 is 24.2 Å². The van der Waals surface area contributed by atoms with Gasteiger partial charge in [-0.2, -0.15) is 0 Å². The molecule has 0 aromatic heterocycles. The number of hydrogen-bond donors (Lipinski definition) is 2. The van der Waals surface area contributed by atoms with Crippen molar-refractivity contribution in [3.8, 4) is 11.1 Å². The number of aliphatic hydroxyl groups is 1. The molecule has 2 aromatic rings. The molecular weight excluding hydrogens is 302 g/mol. The van der Waals surface area contributed by atoms with Crippen LogP contribution in [0.3, 0.4) is 0 Å². The van der Waals surface area contributed by atoms with Crippen LogP contribution in [0.15, 0.2) is 53.4 Å². The molecular formula is C17H22ClNOS. The molecule has 2 nitrogen and oxygen atoms in total. The molecule has 2 rings (SSSR count). The maximum atomic E-state index is 9.04. The van der Waals surface area contributed by atoms with Crippen molar-refractivity contribution in [2.24, 2.45) is 5.73 Å². The lowest BCUT2D eigenvalue weighted by molar-refractivity contribution is 0.265. The van der Waals surface area contributed by atoms with Crippen LogP contribution in [-0.4, -0.2) is 23.5 Å². The van der Waals surface area contributed by atoms with Gasteiger partial charge in [-0.15, -0.1) is 24.2 Å². The van der Waals surface area contributed by atoms with Crippen LogP contribution < -0.4 is 5.73 Å². The molecule has 1 unspecified atom stereocenters. The topological polar surface area (TPSA) is 46.2 Å². The van der Waals surface area contributed by atoms with E-state index in [1.807, 2.05) is 17.8 Å². The highest BCUT2D eigenvalue weighted by Gasteiger charge is 2.04. The predicted octanol–water partition coefficient (Wildman–Crippen LogP) is 3.75. The molecule has 0 bridgehead atoms. The molecule has 0 aliphatic heterocycles. The minimum absolute atomic E-state index is 0. The summed E-state index contributed by atoms with van der Waals surface area (Å²) in [5.41, 5.74) is 9.37. The number of rotatable bonds is 6. The summed E-state index contributed by atoms with van der Waals surface area (Å²) in [5, 5.41) is 9.04. The van der Waals surface area contributed by atoms with E-state index in [9.17, 15) is 0 Å². The number of aliphatic hydroxyl groups excluding tert-OH is 1. The van der Waals surface area contributed by atoms with Crippen molar-refractivity contribution in [1.82, 2.24) is 0 Å². The summed E-state index contributed by atoms with van der Waals surface area (Å²) in [4.78, 5) is 1.30. The summed E-state index contributed by atoms with van der Waals surface area (Å²) in [7, 11) is 0. The van der Waals surface area contributed by atoms with Crippen LogP contribution in [0.2, 0.25) is 0 Å². The second kappa shape index (κ2) is 9.11. The third kappa shape index (κ3) is 5.36. The molecule has 0 saturated carbocycles. The number of benzene rings is 2. The van der Waals surface area contributed by atoms with Gasteiger partial charge in [0, 0.05) is 10.9 Å². The summed E-state index contributed by atoms with van der Waals surface area (Å²) in [5.74, 6) is 1.09. The van der Waals surface area contributed by atoms with Gasteiger partial charge in [0.05, 0.1) is 6.61 Å². The zero-order chi connectivity index (χ0) is 14.4. The molecule has 0 radical (unpaired) electrons. The minimum Gasteiger partial charge on any atom is -0.395 e. The Morgan fingerprint density at radius 2 is 1.81 bits per heavy atom. The maximum absolute atomic E-state index is 9.04. The lowest BCUT2D eigenvalue weighted by Crippen LogP contribution is -2.26. The smallest absolute Gasteiger partial charge is 0.0585 e. The van der Waals surface area contributed by atoms with Crippen LogP contribution >= 0.6 is 24.2 Å². The van der Waals surface area contributed by atoms with E-state index < -0.39 is 0 Å². The van der Waals surface area contributed by atoms with E-state index in [4.69, 9.17) is 10.8 Å². The number of hydrogen-bond acceptors (Lipinski definition) is 3. The molecule has 0 aliphatic carbocycles. The van der Waals surface area contributed by atoms with Crippen LogP contribution in [0.4, 0.5) is 0 Å². The van der Waals surface area contributed by atoms with E-state index in [2.05, 4.69) is 49.4 Å². The van der Waals surface area contributed by atoms with Gasteiger partial charge in [0.25, 0.3) is 0 Å². The van der Waals surface area contributed by atoms with Crippen LogP contribution in [0, 0.1) is 0 Å². The fourth-order valence-corrected chi connectivity index (χ4v) is 2.82. The second-order valence-electron chi connectivity index (χ2n) is 4.80. The first kappa shape index (κ1) is 18.1. The van der Waals surface area contributed by atoms with Crippen LogP contribution in [0.25, 0.3) is 11.1 Å². The van der Waals surface area contributed by atoms with Gasteiger partial charge in [-0.25, -0.2) is 0 Å². The van der Waals surface area contributed by atoms with Gasteiger partial charge >= 0.3 is 0 Å². The molecule has 0 amide bonds. The van der Waals surface area contributed by atoms with E-state index in [0.717, 1.165) is 11.3 Å². The monoisotopic (exact) mass is 323 g/mol. The fourth-order valence-electron chi connectivity index (χ4n) is 2.16. The maximum Gasteiger partial charge on any atom is 0.0585 e. The Kier molecular flexibility index (Phi) is 7.83. The van der Waals surface area contributed by atoms with Crippen molar-refractivity contribution in [2.75, 3.05) is 12.4 Å². The largest absolute Gasteiger partial charge is 0.395 e. The van der Waals surface area contributed by atoms with Gasteiger partial charge < -0.3 is 10.8 Å². The molecule has 4 heteroatoms. The van der Waals surface area contributed by atoms with E-state index >= 15 is 0 Å². The minimum atomic E-state index is -0.186. The number of halogens is 1. The van der Waals surface area contributed by atoms with E-state index in [1.54, 1.807) is 0 Å². The molecule has 0 heterocycles. The first-order valence-electron chi connectivity index (χ1n) is 6.91. The van der Waals surface area contributed by atoms with Crippen LogP contribution in [0.5, 0.6) is 0 Å². The Balaban J connectivity index is 0.00000220. The molecule has 0 aliphatic rings. The van der Waals surface area contributed by atoms with E-state index in [1.165, 1.54) is 16.0 Å². The standard InChI is InChI=1S/C17H21NOS.ClH/c1-2-20-17-8-6-14(7-9-17)15-5-3-4-13(10-15)11-16(18)12-19;/h3-10,16,19H,2,11-12,18H2,1H3;1H. The van der Waals surface area contributed by atoms with Gasteiger partial charge in [-0.05, 0) is 41.0 Å². The molecule has 3 N–H and O–H groups in total. The third-order valence-corrected chi connectivity index (χ3v) is 4.05. The molecule has 1 atom stereocenters. The van der Waals surface area contributed by atoms with Gasteiger partial charge in [0.15, 0.2) is 0 Å². The summed E-state index contributed by atoms with van der Waals surface area (Å²) in [6, 6.07) is 16.8. The fraction of sp³-hybridized carbons (Fsp3) is 0.294. The first-order chi connectivity index (χ1) is 9.72. The molecule has 2 aromatic carbocycles. The number of thioether (sulfide) groups is 1. The predicted molar refractivity (Wildman–Crippen MR) is 94.3 cm³/mol. The summed E-state index contributed by atoms with van der Waals surface area (Å²) in [6.45, 7) is 2.18. The quantitative estimate of drug-likeness (QED) is 0.796. The Hall–Kier alpha value is -1.00. The van der Waals surface area contributed by atoms with E-state index in [-0.39, 0.29) is 25.1 Å². The van der Waals surface area contributed by atoms with Gasteiger partial charge in [0.1, 0.15) is 0 Å². The highest BCUT2D eigenvalue weighted by molar-refractivity contribution is 7.99. The molecule has 0 saturated heterocycles. The zero-order valence-corrected chi connectivity index (χ0v) is 13.8. The van der Waals surface area contributed by atoms with E-state index in [0.29, 0.717) is 6.42 Å². The zero-order valence-electron chi connectivity index (χ0n) is 12.2. The highest BCUT2D eigenvalue weighted by Crippen LogP contribution is 2.25. The Morgan fingerprint density at radius 1 is 1.10 bits per heavy atom. The SMILES string of the molecule is CCSc1ccc(-c2cccc(CC(N)CO)c2)cc1.Cl. The molecule has 114 valence electrons. The molecule has 0 spiro atoms. The lowest BCUT2D eigenvalue weighted by atomic mass is 10.00. The van der Waals surface area contributed by atoms with Crippen molar-refractivity contribution < 1.29 is 5.11 Å². The Morgan fingerprint density at radius 3 is 2.43 bits per heavy atom. The summed E-state index contributed by atoms with van der Waals surface area (Å²) >= 11 is 1.85. The van der Waals surface area contributed by atoms with Crippen molar-refractivity contribution in [3.63, 3.8) is 0 Å². The average Bonchev–Trinajstić information content (AvgIpc) is 2.48. The number of nitrogens with two attached hydrogens (primary N) is 1. The second-order valence-corrected chi connectivity index (χ2v) is 6.14. The van der Waals surface area contributed by atoms with Crippen molar-refractivity contribution in [1.29, 1.82) is 0 Å². The summed E-state index contributed by atoms with van der Waals surface area (Å²) in [6.07, 6.45) is 0.702. The summed E-state index contributed by atoms with van der Waals surface area (Å²) < 4.78 is 0. The average molecular weight is 324 g/mol. The Bertz CT molecular complexity index is 545. The highest BCUT2D eigenvalue weighted by atomic mass is 35.5. The normalized spacial score (nSPS) is 11.8. The van der Waals surface area contributed by atoms with Gasteiger partial charge in [-0.3, -0.25) is 0 Å². The first-order valence-corrected chi connectivity index (χ1v) is 7.90. The molecule has 21 heavy (non-hydrogen) atoms. The van der Waals surface area contributed by atoms with Crippen LogP contribution in [0.1, 0.15) is 12.5 Å². The van der Waals surface area contributed by atoms with Crippen LogP contribution in [-0.2, 0) is 6.42 Å². The van der Waals surface area contributed by atoms with Gasteiger partial charge in [0.2, 0.25) is 0 Å². The third-order valence-electron chi connectivity index (χ3n) is 3.16. The molecule has 0 fully saturated rings. The van der Waals surface area contributed by atoms with Crippen molar-refractivity contribution in [3.05, 3.63) is 54.1 Å².